The molecule has 1 amide bonds. The first kappa shape index (κ1) is 23.7. The van der Waals surface area contributed by atoms with Crippen LogP contribution in [-0.4, -0.2) is 80.3 Å². The lowest BCUT2D eigenvalue weighted by atomic mass is 10.2. The van der Waals surface area contributed by atoms with Crippen molar-refractivity contribution < 1.29 is 18.3 Å². The average molecular weight is 466 g/mol. The summed E-state index contributed by atoms with van der Waals surface area (Å²) in [5.74, 6) is -1.79. The Kier molecular flexibility index (Phi) is 7.83. The van der Waals surface area contributed by atoms with Crippen molar-refractivity contribution in [3.05, 3.63) is 35.5 Å². The molecule has 1 aromatic carbocycles. The molecule has 5 N–H and O–H groups in total. The summed E-state index contributed by atoms with van der Waals surface area (Å²) in [6.07, 6.45) is 0.976. The number of nitrogens with two attached hydrogens (primary N) is 1. The third-order valence-corrected chi connectivity index (χ3v) is 5.92. The number of anilines is 1. The Balaban J connectivity index is 1.82. The van der Waals surface area contributed by atoms with E-state index in [9.17, 15) is 13.6 Å². The highest BCUT2D eigenvalue weighted by Crippen LogP contribution is 2.33. The number of halogens is 2. The number of carbonyl (C=O) groups is 1. The molecule has 2 unspecified atom stereocenters. The molecule has 12 heteroatoms. The van der Waals surface area contributed by atoms with Crippen molar-refractivity contribution in [3.8, 4) is 10.6 Å². The Bertz CT molecular complexity index is 994. The van der Waals surface area contributed by atoms with Crippen LogP contribution in [0.1, 0.15) is 10.5 Å². The van der Waals surface area contributed by atoms with E-state index >= 15 is 0 Å². The van der Waals surface area contributed by atoms with E-state index in [-0.39, 0.29) is 27.4 Å². The predicted molar refractivity (Wildman–Crippen MR) is 121 cm³/mol. The maximum absolute atomic E-state index is 14.1. The first-order valence-corrected chi connectivity index (χ1v) is 10.7. The SMILES string of the molecule is CN=C(C(C=N)NC(=O)c1nc(-c2c(F)cccc2F)sc1N)N1CCNCC(OC)C1. The van der Waals surface area contributed by atoms with Crippen molar-refractivity contribution >= 4 is 34.3 Å². The van der Waals surface area contributed by atoms with E-state index in [4.69, 9.17) is 15.9 Å². The molecular weight excluding hydrogens is 440 g/mol. The number of carbonyl (C=O) groups excluding carboxylic acids is 1. The molecule has 1 aromatic heterocycles. The molecule has 1 fully saturated rings. The Morgan fingerprint density at radius 1 is 1.50 bits per heavy atom. The van der Waals surface area contributed by atoms with Gasteiger partial charge in [-0.05, 0) is 12.1 Å². The molecule has 2 atom stereocenters. The monoisotopic (exact) mass is 465 g/mol. The van der Waals surface area contributed by atoms with Crippen molar-refractivity contribution in [2.75, 3.05) is 46.1 Å². The third kappa shape index (κ3) is 5.09. The van der Waals surface area contributed by atoms with Crippen LogP contribution in [0.5, 0.6) is 0 Å². The fourth-order valence-corrected chi connectivity index (χ4v) is 4.29. The van der Waals surface area contributed by atoms with Crippen LogP contribution in [0.15, 0.2) is 23.2 Å². The molecule has 0 aliphatic carbocycles. The lowest BCUT2D eigenvalue weighted by Gasteiger charge is -2.30. The zero-order chi connectivity index (χ0) is 23.3. The van der Waals surface area contributed by atoms with Crippen molar-refractivity contribution in [3.63, 3.8) is 0 Å². The summed E-state index contributed by atoms with van der Waals surface area (Å²) < 4.78 is 33.7. The highest BCUT2D eigenvalue weighted by molar-refractivity contribution is 7.19. The summed E-state index contributed by atoms with van der Waals surface area (Å²) in [6.45, 7) is 2.51. The molecule has 1 aliphatic heterocycles. The van der Waals surface area contributed by atoms with Gasteiger partial charge in [-0.15, -0.1) is 0 Å². The van der Waals surface area contributed by atoms with Crippen molar-refractivity contribution in [2.45, 2.75) is 12.1 Å². The number of aromatic nitrogens is 1. The molecule has 2 heterocycles. The molecule has 32 heavy (non-hydrogen) atoms. The molecule has 0 radical (unpaired) electrons. The van der Waals surface area contributed by atoms with Gasteiger partial charge in [0.25, 0.3) is 5.91 Å². The number of ether oxygens (including phenoxy) is 1. The van der Waals surface area contributed by atoms with Crippen LogP contribution in [0.2, 0.25) is 0 Å². The van der Waals surface area contributed by atoms with E-state index in [1.165, 1.54) is 6.07 Å². The Hall–Kier alpha value is -2.96. The summed E-state index contributed by atoms with van der Waals surface area (Å²) in [5.41, 5.74) is 5.43. The van der Waals surface area contributed by atoms with Gasteiger partial charge in [-0.2, -0.15) is 0 Å². The van der Waals surface area contributed by atoms with E-state index in [1.54, 1.807) is 14.2 Å². The van der Waals surface area contributed by atoms with Gasteiger partial charge in [0.15, 0.2) is 5.69 Å². The highest BCUT2D eigenvalue weighted by Gasteiger charge is 2.28. The van der Waals surface area contributed by atoms with E-state index < -0.39 is 23.6 Å². The van der Waals surface area contributed by atoms with E-state index in [1.807, 2.05) is 4.90 Å². The van der Waals surface area contributed by atoms with Gasteiger partial charge in [-0.25, -0.2) is 13.8 Å². The van der Waals surface area contributed by atoms with Gasteiger partial charge in [-0.1, -0.05) is 17.4 Å². The second-order valence-electron chi connectivity index (χ2n) is 7.04. The molecule has 2 aromatic rings. The molecule has 1 aliphatic rings. The maximum Gasteiger partial charge on any atom is 0.273 e. The maximum atomic E-state index is 14.1. The first-order chi connectivity index (χ1) is 15.4. The normalized spacial score (nSPS) is 18.2. The average Bonchev–Trinajstić information content (AvgIpc) is 3.00. The van der Waals surface area contributed by atoms with Gasteiger partial charge in [0.05, 0.1) is 11.7 Å². The van der Waals surface area contributed by atoms with Crippen LogP contribution in [-0.2, 0) is 4.74 Å². The van der Waals surface area contributed by atoms with Gasteiger partial charge >= 0.3 is 0 Å². The quantitative estimate of drug-likeness (QED) is 0.377. The molecule has 9 nitrogen and oxygen atoms in total. The van der Waals surface area contributed by atoms with Crippen molar-refractivity contribution in [1.82, 2.24) is 20.5 Å². The first-order valence-electron chi connectivity index (χ1n) is 9.86. The fraction of sp³-hybridized carbons (Fsp3) is 0.400. The number of amides is 1. The van der Waals surface area contributed by atoms with Crippen LogP contribution < -0.4 is 16.4 Å². The molecule has 0 bridgehead atoms. The van der Waals surface area contributed by atoms with Gasteiger partial charge in [-0.3, -0.25) is 9.79 Å². The number of aliphatic imine (C=N–C) groups is 1. The van der Waals surface area contributed by atoms with E-state index in [2.05, 4.69) is 20.6 Å². The molecule has 3 rings (SSSR count). The minimum absolute atomic E-state index is 0.0114. The largest absolute Gasteiger partial charge is 0.389 e. The predicted octanol–water partition coefficient (Wildman–Crippen LogP) is 1.37. The van der Waals surface area contributed by atoms with Crippen LogP contribution >= 0.6 is 11.3 Å². The number of nitrogens with one attached hydrogen (secondary N) is 3. The number of hydrogen-bond donors (Lipinski definition) is 4. The van der Waals surface area contributed by atoms with Gasteiger partial charge in [0, 0.05) is 46.6 Å². The standard InChI is InChI=1S/C20H25F2N7O2S/c1-25-18(29-7-6-26-9-11(10-29)31-2)14(8-23)27-19(30)16-17(24)32-20(28-16)15-12(21)4-3-5-13(15)22/h3-5,8,11,14,23,26H,6-7,9-10,24H2,1-2H3,(H,27,30). The van der Waals surface area contributed by atoms with E-state index in [0.29, 0.717) is 32.0 Å². The minimum atomic E-state index is -0.849. The minimum Gasteiger partial charge on any atom is -0.389 e. The molecule has 1 saturated heterocycles. The molecule has 0 spiro atoms. The Morgan fingerprint density at radius 2 is 2.22 bits per heavy atom. The number of benzene rings is 1. The van der Waals surface area contributed by atoms with Crippen LogP contribution in [0.3, 0.4) is 0 Å². The Labute approximate surface area is 188 Å². The fourth-order valence-electron chi connectivity index (χ4n) is 3.42. The van der Waals surface area contributed by atoms with Crippen LogP contribution in [0.4, 0.5) is 13.8 Å². The number of hydrogen-bond acceptors (Lipinski definition) is 8. The zero-order valence-corrected chi connectivity index (χ0v) is 18.5. The number of thiazole rings is 1. The lowest BCUT2D eigenvalue weighted by Crippen LogP contribution is -2.51. The second kappa shape index (κ2) is 10.6. The second-order valence-corrected chi connectivity index (χ2v) is 8.07. The number of nitrogens with zero attached hydrogens (tertiary/aromatic N) is 3. The molecule has 172 valence electrons. The Morgan fingerprint density at radius 3 is 2.84 bits per heavy atom. The number of methoxy groups -OCH3 is 1. The van der Waals surface area contributed by atoms with Crippen molar-refractivity contribution in [1.29, 1.82) is 5.41 Å². The van der Waals surface area contributed by atoms with Gasteiger partial charge in [0.2, 0.25) is 0 Å². The smallest absolute Gasteiger partial charge is 0.273 e. The van der Waals surface area contributed by atoms with E-state index in [0.717, 1.165) is 29.7 Å². The summed E-state index contributed by atoms with van der Waals surface area (Å²) in [4.78, 5) is 23.2. The number of rotatable bonds is 6. The number of amidine groups is 1. The summed E-state index contributed by atoms with van der Waals surface area (Å²) >= 11 is 0.810. The van der Waals surface area contributed by atoms with Crippen molar-refractivity contribution in [2.24, 2.45) is 4.99 Å². The van der Waals surface area contributed by atoms with Crippen LogP contribution in [0, 0.1) is 17.0 Å². The molecular formula is C20H25F2N7O2S. The molecule has 0 saturated carbocycles. The summed E-state index contributed by atoms with van der Waals surface area (Å²) in [5, 5.41) is 13.7. The third-order valence-electron chi connectivity index (χ3n) is 5.02. The summed E-state index contributed by atoms with van der Waals surface area (Å²) in [7, 11) is 3.20. The summed E-state index contributed by atoms with van der Waals surface area (Å²) in [6, 6.07) is 2.60. The lowest BCUT2D eigenvalue weighted by molar-refractivity contribution is 0.0909. The van der Waals surface area contributed by atoms with Crippen LogP contribution in [0.25, 0.3) is 10.6 Å². The van der Waals surface area contributed by atoms with Gasteiger partial charge in [0.1, 0.15) is 33.5 Å². The van der Waals surface area contributed by atoms with Gasteiger partial charge < -0.3 is 31.4 Å². The zero-order valence-electron chi connectivity index (χ0n) is 17.7. The number of nitrogen functional groups attached to an aromatic ring is 1. The topological polar surface area (TPSA) is 129 Å². The highest BCUT2D eigenvalue weighted by atomic mass is 32.1.